The molecule has 0 spiro atoms. The predicted molar refractivity (Wildman–Crippen MR) is 66.0 cm³/mol. The Morgan fingerprint density at radius 1 is 1.15 bits per heavy atom. The molecule has 0 radical (unpaired) electrons. The molecule has 1 fully saturated rings. The van der Waals surface area contributed by atoms with Crippen molar-refractivity contribution in [1.29, 1.82) is 0 Å². The van der Waals surface area contributed by atoms with E-state index in [9.17, 15) is 0 Å². The van der Waals surface area contributed by atoms with Gasteiger partial charge in [-0.3, -0.25) is 3.53 Å². The van der Waals surface area contributed by atoms with Crippen LogP contribution in [0.3, 0.4) is 0 Å². The summed E-state index contributed by atoms with van der Waals surface area (Å²) in [4.78, 5) is 0. The zero-order valence-corrected chi connectivity index (χ0v) is 10.6. The maximum atomic E-state index is 3.28. The van der Waals surface area contributed by atoms with Crippen LogP contribution in [0.4, 0.5) is 0 Å². The Hall–Kier alpha value is 0.650. The number of rotatable bonds is 5. The van der Waals surface area contributed by atoms with Crippen molar-refractivity contribution in [2.45, 2.75) is 32.1 Å². The van der Waals surface area contributed by atoms with E-state index >= 15 is 0 Å². The summed E-state index contributed by atoms with van der Waals surface area (Å²) >= 11 is 2.24. The molecule has 0 saturated heterocycles. The molecule has 0 aromatic rings. The van der Waals surface area contributed by atoms with Gasteiger partial charge in [-0.05, 0) is 44.7 Å². The van der Waals surface area contributed by atoms with Gasteiger partial charge in [0, 0.05) is 29.4 Å². The van der Waals surface area contributed by atoms with Gasteiger partial charge in [0.1, 0.15) is 0 Å². The highest BCUT2D eigenvalue weighted by molar-refractivity contribution is 14.1. The van der Waals surface area contributed by atoms with Crippen molar-refractivity contribution in [3.05, 3.63) is 0 Å². The van der Waals surface area contributed by atoms with E-state index in [1.54, 1.807) is 0 Å². The van der Waals surface area contributed by atoms with Crippen molar-refractivity contribution >= 4 is 22.9 Å². The zero-order chi connectivity index (χ0) is 9.52. The monoisotopic (exact) mass is 296 g/mol. The first kappa shape index (κ1) is 11.7. The minimum Gasteiger partial charge on any atom is -0.319 e. The second-order valence-corrected chi connectivity index (χ2v) is 4.88. The standard InChI is InChI=1S/C10H21IN2/c1-12-8-10-4-2-9(3-5-10)6-7-13-11/h9-10,12-13H,2-8H2,1H3. The van der Waals surface area contributed by atoms with Crippen molar-refractivity contribution < 1.29 is 0 Å². The first-order valence-electron chi connectivity index (χ1n) is 5.35. The van der Waals surface area contributed by atoms with Crippen LogP contribution in [0.1, 0.15) is 32.1 Å². The summed E-state index contributed by atoms with van der Waals surface area (Å²) in [5, 5.41) is 3.28. The van der Waals surface area contributed by atoms with Gasteiger partial charge < -0.3 is 5.32 Å². The maximum absolute atomic E-state index is 3.28. The average molecular weight is 296 g/mol. The van der Waals surface area contributed by atoms with Gasteiger partial charge in [-0.1, -0.05) is 12.8 Å². The Balaban J connectivity index is 2.08. The molecule has 1 aliphatic carbocycles. The van der Waals surface area contributed by atoms with E-state index in [1.165, 1.54) is 45.2 Å². The van der Waals surface area contributed by atoms with Crippen LogP contribution in [-0.4, -0.2) is 20.1 Å². The summed E-state index contributed by atoms with van der Waals surface area (Å²) in [5.41, 5.74) is 0. The number of nitrogens with one attached hydrogen (secondary N) is 2. The van der Waals surface area contributed by atoms with Gasteiger partial charge in [0.2, 0.25) is 0 Å². The van der Waals surface area contributed by atoms with Crippen molar-refractivity contribution in [2.75, 3.05) is 20.1 Å². The molecule has 0 aliphatic heterocycles. The normalized spacial score (nSPS) is 29.1. The second-order valence-electron chi connectivity index (χ2n) is 4.12. The lowest BCUT2D eigenvalue weighted by atomic mass is 9.80. The van der Waals surface area contributed by atoms with Crippen molar-refractivity contribution in [1.82, 2.24) is 8.85 Å². The molecule has 1 saturated carbocycles. The molecule has 0 aromatic carbocycles. The fraction of sp³-hybridized carbons (Fsp3) is 1.00. The molecule has 1 rings (SSSR count). The van der Waals surface area contributed by atoms with Gasteiger partial charge in [0.05, 0.1) is 0 Å². The third-order valence-electron chi connectivity index (χ3n) is 3.11. The van der Waals surface area contributed by atoms with Crippen LogP contribution in [0.5, 0.6) is 0 Å². The summed E-state index contributed by atoms with van der Waals surface area (Å²) in [6.45, 7) is 2.40. The lowest BCUT2D eigenvalue weighted by Crippen LogP contribution is -2.24. The molecular weight excluding hydrogens is 275 g/mol. The Morgan fingerprint density at radius 2 is 1.77 bits per heavy atom. The third-order valence-corrected chi connectivity index (χ3v) is 3.65. The van der Waals surface area contributed by atoms with Gasteiger partial charge in [0.25, 0.3) is 0 Å². The third kappa shape index (κ3) is 4.61. The highest BCUT2D eigenvalue weighted by Crippen LogP contribution is 2.30. The molecule has 0 aromatic heterocycles. The van der Waals surface area contributed by atoms with Gasteiger partial charge in [-0.25, -0.2) is 0 Å². The summed E-state index contributed by atoms with van der Waals surface area (Å²) in [6, 6.07) is 0. The number of hydrogen-bond donors (Lipinski definition) is 2. The molecule has 2 N–H and O–H groups in total. The smallest absolute Gasteiger partial charge is 0.0169 e. The molecule has 3 heteroatoms. The summed E-state index contributed by atoms with van der Waals surface area (Å²) < 4.78 is 3.21. The van der Waals surface area contributed by atoms with Crippen LogP contribution >= 0.6 is 22.9 Å². The Kier molecular flexibility index (Phi) is 6.32. The predicted octanol–water partition coefficient (Wildman–Crippen LogP) is 2.34. The summed E-state index contributed by atoms with van der Waals surface area (Å²) in [5.74, 6) is 1.95. The molecule has 0 bridgehead atoms. The number of hydrogen-bond acceptors (Lipinski definition) is 2. The van der Waals surface area contributed by atoms with E-state index in [0.717, 1.165) is 11.8 Å². The van der Waals surface area contributed by atoms with Crippen molar-refractivity contribution in [2.24, 2.45) is 11.8 Å². The fourth-order valence-electron chi connectivity index (χ4n) is 2.27. The molecule has 0 atom stereocenters. The lowest BCUT2D eigenvalue weighted by Gasteiger charge is -2.28. The Bertz CT molecular complexity index is 122. The quantitative estimate of drug-likeness (QED) is 0.601. The van der Waals surface area contributed by atoms with Gasteiger partial charge >= 0.3 is 0 Å². The van der Waals surface area contributed by atoms with Crippen molar-refractivity contribution in [3.8, 4) is 0 Å². The molecule has 13 heavy (non-hydrogen) atoms. The number of halogens is 1. The highest BCUT2D eigenvalue weighted by atomic mass is 127. The molecule has 0 amide bonds. The average Bonchev–Trinajstić information content (AvgIpc) is 2.17. The SMILES string of the molecule is CNCC1CCC(CCNI)CC1. The molecule has 2 nitrogen and oxygen atoms in total. The first-order valence-corrected chi connectivity index (χ1v) is 6.42. The van der Waals surface area contributed by atoms with E-state index in [-0.39, 0.29) is 0 Å². The van der Waals surface area contributed by atoms with Gasteiger partial charge in [0.15, 0.2) is 0 Å². The lowest BCUT2D eigenvalue weighted by molar-refractivity contribution is 0.262. The van der Waals surface area contributed by atoms with Gasteiger partial charge in [-0.15, -0.1) is 0 Å². The zero-order valence-electron chi connectivity index (χ0n) is 8.48. The topological polar surface area (TPSA) is 24.1 Å². The van der Waals surface area contributed by atoms with Crippen molar-refractivity contribution in [3.63, 3.8) is 0 Å². The maximum Gasteiger partial charge on any atom is 0.0169 e. The summed E-state index contributed by atoms with van der Waals surface area (Å²) in [7, 11) is 2.06. The van der Waals surface area contributed by atoms with Crippen LogP contribution in [0.15, 0.2) is 0 Å². The molecule has 0 unspecified atom stereocenters. The molecule has 78 valence electrons. The Morgan fingerprint density at radius 3 is 2.31 bits per heavy atom. The van der Waals surface area contributed by atoms with E-state index in [0.29, 0.717) is 0 Å². The summed E-state index contributed by atoms with van der Waals surface area (Å²) in [6.07, 6.45) is 7.14. The van der Waals surface area contributed by atoms with Crippen LogP contribution in [-0.2, 0) is 0 Å². The molecule has 1 aliphatic rings. The van der Waals surface area contributed by atoms with Crippen LogP contribution in [0.2, 0.25) is 0 Å². The first-order chi connectivity index (χ1) is 6.36. The van der Waals surface area contributed by atoms with E-state index in [4.69, 9.17) is 0 Å². The van der Waals surface area contributed by atoms with Crippen LogP contribution < -0.4 is 8.85 Å². The highest BCUT2D eigenvalue weighted by Gasteiger charge is 2.19. The largest absolute Gasteiger partial charge is 0.319 e. The Labute approximate surface area is 95.7 Å². The minimum absolute atomic E-state index is 0.953. The fourth-order valence-corrected chi connectivity index (χ4v) is 2.58. The van der Waals surface area contributed by atoms with Crippen LogP contribution in [0, 0.1) is 11.8 Å². The van der Waals surface area contributed by atoms with E-state index < -0.39 is 0 Å². The van der Waals surface area contributed by atoms with Crippen LogP contribution in [0.25, 0.3) is 0 Å². The van der Waals surface area contributed by atoms with Gasteiger partial charge in [-0.2, -0.15) is 0 Å². The second kappa shape index (κ2) is 7.01. The van der Waals surface area contributed by atoms with E-state index in [2.05, 4.69) is 38.8 Å². The minimum atomic E-state index is 0.953. The molecular formula is C10H21IN2. The van der Waals surface area contributed by atoms with E-state index in [1.807, 2.05) is 0 Å². The molecule has 0 heterocycles.